The van der Waals surface area contributed by atoms with E-state index in [-0.39, 0.29) is 0 Å². The minimum absolute atomic E-state index is 0.680. The molecule has 28 heavy (non-hydrogen) atoms. The number of rotatable bonds is 8. The number of ether oxygens (including phenoxy) is 1. The lowest BCUT2D eigenvalue weighted by molar-refractivity contribution is 0.414. The summed E-state index contributed by atoms with van der Waals surface area (Å²) in [5.74, 6) is 2.68. The molecule has 0 unspecified atom stereocenters. The quantitative estimate of drug-likeness (QED) is 0.468. The zero-order chi connectivity index (χ0) is 19.6. The number of nitrogens with one attached hydrogen (secondary N) is 2. The molecule has 1 aromatic heterocycles. The number of aliphatic imine (C=N–C) groups is 1. The molecule has 0 atom stereocenters. The Kier molecular flexibility index (Phi) is 7.07. The Morgan fingerprint density at radius 2 is 1.89 bits per heavy atom. The summed E-state index contributed by atoms with van der Waals surface area (Å²) in [5.41, 5.74) is 2.41. The van der Waals surface area contributed by atoms with Gasteiger partial charge in [0, 0.05) is 45.5 Å². The SMILES string of the molecule is CN=C(NCCc1nccn1Cc1ccccc1)NCc1cccc(OC)c1. The summed E-state index contributed by atoms with van der Waals surface area (Å²) in [7, 11) is 3.45. The molecule has 2 aromatic carbocycles. The third-order valence-electron chi connectivity index (χ3n) is 4.46. The molecule has 0 spiro atoms. The lowest BCUT2D eigenvalue weighted by Crippen LogP contribution is -2.38. The standard InChI is InChI=1S/C22H27N5O/c1-23-22(26-16-19-9-6-10-20(15-19)28-2)25-12-11-21-24-13-14-27(21)17-18-7-4-3-5-8-18/h3-10,13-15H,11-12,16-17H2,1-2H3,(H2,23,25,26). The maximum absolute atomic E-state index is 5.27. The highest BCUT2D eigenvalue weighted by Crippen LogP contribution is 2.12. The molecule has 0 saturated carbocycles. The van der Waals surface area contributed by atoms with Crippen LogP contribution in [-0.2, 0) is 19.5 Å². The Hall–Kier alpha value is -3.28. The van der Waals surface area contributed by atoms with Crippen molar-refractivity contribution in [1.29, 1.82) is 0 Å². The van der Waals surface area contributed by atoms with E-state index in [2.05, 4.69) is 55.5 Å². The van der Waals surface area contributed by atoms with Crippen molar-refractivity contribution in [3.63, 3.8) is 0 Å². The molecule has 0 radical (unpaired) electrons. The molecule has 0 bridgehead atoms. The molecule has 6 nitrogen and oxygen atoms in total. The minimum atomic E-state index is 0.680. The number of benzene rings is 2. The molecule has 2 N–H and O–H groups in total. The fourth-order valence-corrected chi connectivity index (χ4v) is 2.97. The summed E-state index contributed by atoms with van der Waals surface area (Å²) in [6, 6.07) is 18.4. The van der Waals surface area contributed by atoms with Gasteiger partial charge in [-0.1, -0.05) is 42.5 Å². The van der Waals surface area contributed by atoms with Crippen LogP contribution in [0.3, 0.4) is 0 Å². The molecule has 3 rings (SSSR count). The van der Waals surface area contributed by atoms with E-state index >= 15 is 0 Å². The van der Waals surface area contributed by atoms with Crippen LogP contribution in [0.1, 0.15) is 17.0 Å². The van der Waals surface area contributed by atoms with Gasteiger partial charge in [0.15, 0.2) is 5.96 Å². The molecule has 0 aliphatic carbocycles. The van der Waals surface area contributed by atoms with Crippen molar-refractivity contribution >= 4 is 5.96 Å². The van der Waals surface area contributed by atoms with Crippen LogP contribution in [0, 0.1) is 0 Å². The van der Waals surface area contributed by atoms with Crippen LogP contribution < -0.4 is 15.4 Å². The Balaban J connectivity index is 1.48. The first-order valence-corrected chi connectivity index (χ1v) is 9.40. The Morgan fingerprint density at radius 1 is 1.07 bits per heavy atom. The highest BCUT2D eigenvalue weighted by atomic mass is 16.5. The van der Waals surface area contributed by atoms with Crippen molar-refractivity contribution < 1.29 is 4.74 Å². The fourth-order valence-electron chi connectivity index (χ4n) is 2.97. The van der Waals surface area contributed by atoms with E-state index in [0.29, 0.717) is 6.54 Å². The highest BCUT2D eigenvalue weighted by molar-refractivity contribution is 5.79. The second kappa shape index (κ2) is 10.2. The van der Waals surface area contributed by atoms with E-state index in [1.54, 1.807) is 14.2 Å². The summed E-state index contributed by atoms with van der Waals surface area (Å²) < 4.78 is 7.45. The third-order valence-corrected chi connectivity index (χ3v) is 4.46. The number of imidazole rings is 1. The number of hydrogen-bond donors (Lipinski definition) is 2. The molecular formula is C22H27N5O. The van der Waals surface area contributed by atoms with Crippen molar-refractivity contribution in [2.75, 3.05) is 20.7 Å². The molecule has 3 aromatic rings. The van der Waals surface area contributed by atoms with Gasteiger partial charge in [-0.05, 0) is 23.3 Å². The van der Waals surface area contributed by atoms with E-state index in [4.69, 9.17) is 4.74 Å². The predicted octanol–water partition coefficient (Wildman–Crippen LogP) is 2.85. The first-order valence-electron chi connectivity index (χ1n) is 9.40. The summed E-state index contributed by atoms with van der Waals surface area (Å²) in [6.45, 7) is 2.27. The van der Waals surface area contributed by atoms with Gasteiger partial charge in [-0.2, -0.15) is 0 Å². The Bertz CT molecular complexity index is 889. The van der Waals surface area contributed by atoms with E-state index < -0.39 is 0 Å². The molecule has 6 heteroatoms. The van der Waals surface area contributed by atoms with Crippen LogP contribution in [0.15, 0.2) is 72.0 Å². The Labute approximate surface area is 166 Å². The zero-order valence-corrected chi connectivity index (χ0v) is 16.4. The van der Waals surface area contributed by atoms with Gasteiger partial charge in [-0.15, -0.1) is 0 Å². The molecule has 0 amide bonds. The molecule has 1 heterocycles. The highest BCUT2D eigenvalue weighted by Gasteiger charge is 2.05. The first-order chi connectivity index (χ1) is 13.8. The number of hydrogen-bond acceptors (Lipinski definition) is 3. The molecule has 0 aliphatic heterocycles. The number of aromatic nitrogens is 2. The van der Waals surface area contributed by atoms with Gasteiger partial charge in [-0.3, -0.25) is 4.99 Å². The Morgan fingerprint density at radius 3 is 2.68 bits per heavy atom. The van der Waals surface area contributed by atoms with Crippen LogP contribution in [0.4, 0.5) is 0 Å². The van der Waals surface area contributed by atoms with Crippen molar-refractivity contribution in [3.8, 4) is 5.75 Å². The van der Waals surface area contributed by atoms with E-state index in [1.165, 1.54) is 5.56 Å². The largest absolute Gasteiger partial charge is 0.497 e. The topological polar surface area (TPSA) is 63.5 Å². The normalized spacial score (nSPS) is 11.3. The summed E-state index contributed by atoms with van der Waals surface area (Å²) in [5, 5.41) is 6.68. The minimum Gasteiger partial charge on any atom is -0.497 e. The smallest absolute Gasteiger partial charge is 0.191 e. The van der Waals surface area contributed by atoms with Gasteiger partial charge < -0.3 is 19.9 Å². The lowest BCUT2D eigenvalue weighted by atomic mass is 10.2. The zero-order valence-electron chi connectivity index (χ0n) is 16.4. The van der Waals surface area contributed by atoms with Crippen LogP contribution in [0.5, 0.6) is 5.75 Å². The summed E-state index contributed by atoms with van der Waals surface area (Å²) in [4.78, 5) is 8.79. The predicted molar refractivity (Wildman–Crippen MR) is 113 cm³/mol. The van der Waals surface area contributed by atoms with E-state index in [1.807, 2.05) is 36.7 Å². The van der Waals surface area contributed by atoms with Crippen molar-refractivity contribution in [1.82, 2.24) is 20.2 Å². The first kappa shape index (κ1) is 19.5. The van der Waals surface area contributed by atoms with Gasteiger partial charge >= 0.3 is 0 Å². The van der Waals surface area contributed by atoms with Gasteiger partial charge in [0.05, 0.1) is 7.11 Å². The molecule has 0 saturated heterocycles. The van der Waals surface area contributed by atoms with Crippen LogP contribution in [-0.4, -0.2) is 36.2 Å². The van der Waals surface area contributed by atoms with Crippen LogP contribution in [0.25, 0.3) is 0 Å². The van der Waals surface area contributed by atoms with E-state index in [0.717, 1.165) is 42.6 Å². The van der Waals surface area contributed by atoms with Crippen molar-refractivity contribution in [3.05, 3.63) is 83.9 Å². The monoisotopic (exact) mass is 377 g/mol. The summed E-state index contributed by atoms with van der Waals surface area (Å²) in [6.07, 6.45) is 4.70. The molecular weight excluding hydrogens is 350 g/mol. The fraction of sp³-hybridized carbons (Fsp3) is 0.273. The second-order valence-electron chi connectivity index (χ2n) is 6.41. The van der Waals surface area contributed by atoms with Crippen molar-refractivity contribution in [2.45, 2.75) is 19.5 Å². The maximum Gasteiger partial charge on any atom is 0.191 e. The van der Waals surface area contributed by atoms with E-state index in [9.17, 15) is 0 Å². The number of methoxy groups -OCH3 is 1. The van der Waals surface area contributed by atoms with Crippen LogP contribution in [0.2, 0.25) is 0 Å². The number of nitrogens with zero attached hydrogens (tertiary/aromatic N) is 3. The average Bonchev–Trinajstić information content (AvgIpc) is 3.18. The number of guanidine groups is 1. The van der Waals surface area contributed by atoms with Gasteiger partial charge in [0.1, 0.15) is 11.6 Å². The lowest BCUT2D eigenvalue weighted by Gasteiger charge is -2.13. The van der Waals surface area contributed by atoms with Gasteiger partial charge in [0.25, 0.3) is 0 Å². The average molecular weight is 377 g/mol. The molecule has 0 aliphatic rings. The van der Waals surface area contributed by atoms with Gasteiger partial charge in [-0.25, -0.2) is 4.98 Å². The van der Waals surface area contributed by atoms with Crippen LogP contribution >= 0.6 is 0 Å². The van der Waals surface area contributed by atoms with Crippen molar-refractivity contribution in [2.24, 2.45) is 4.99 Å². The summed E-state index contributed by atoms with van der Waals surface area (Å²) >= 11 is 0. The third kappa shape index (κ3) is 5.61. The van der Waals surface area contributed by atoms with Gasteiger partial charge in [0.2, 0.25) is 0 Å². The second-order valence-corrected chi connectivity index (χ2v) is 6.41. The molecule has 146 valence electrons. The maximum atomic E-state index is 5.27. The molecule has 0 fully saturated rings.